The largest absolute Gasteiger partial charge is 0.616 e. The summed E-state index contributed by atoms with van der Waals surface area (Å²) in [4.78, 5) is 0. The first kappa shape index (κ1) is 14.3. The van der Waals surface area contributed by atoms with Crippen molar-refractivity contribution in [3.05, 3.63) is 35.9 Å². The fourth-order valence-electron chi connectivity index (χ4n) is 1.74. The van der Waals surface area contributed by atoms with Crippen molar-refractivity contribution in [3.8, 4) is 0 Å². The molecule has 0 bridgehead atoms. The van der Waals surface area contributed by atoms with E-state index in [-0.39, 0.29) is 12.1 Å². The highest BCUT2D eigenvalue weighted by Gasteiger charge is 2.35. The Morgan fingerprint density at radius 1 is 1.12 bits per heavy atom. The van der Waals surface area contributed by atoms with Gasteiger partial charge in [-0.1, -0.05) is 35.0 Å². The van der Waals surface area contributed by atoms with Crippen molar-refractivity contribution in [2.45, 2.75) is 46.4 Å². The molecule has 0 aromatic heterocycles. The summed E-state index contributed by atoms with van der Waals surface area (Å²) < 4.78 is 19.4. The summed E-state index contributed by atoms with van der Waals surface area (Å²) in [7, 11) is -1.76. The van der Waals surface area contributed by atoms with Gasteiger partial charge in [0.25, 0.3) is 0 Å². The molecular formula is C13H21NO2P+. The van der Waals surface area contributed by atoms with Gasteiger partial charge in [0.15, 0.2) is 0 Å². The fourth-order valence-corrected chi connectivity index (χ4v) is 2.89. The Bertz CT molecular complexity index is 344. The van der Waals surface area contributed by atoms with Crippen LogP contribution in [0.2, 0.25) is 0 Å². The first-order valence-electron chi connectivity index (χ1n) is 5.94. The molecule has 0 aliphatic rings. The normalized spacial score (nSPS) is 12.5. The van der Waals surface area contributed by atoms with Gasteiger partial charge in [-0.05, 0) is 37.8 Å². The van der Waals surface area contributed by atoms with Crippen LogP contribution in [0.5, 0.6) is 0 Å². The third-order valence-electron chi connectivity index (χ3n) is 2.43. The Labute approximate surface area is 105 Å². The minimum Gasteiger partial charge on any atom is -0.125 e. The average Bonchev–Trinajstić information content (AvgIpc) is 2.27. The Morgan fingerprint density at radius 3 is 2.12 bits per heavy atom. The van der Waals surface area contributed by atoms with Crippen LogP contribution in [0.1, 0.15) is 33.3 Å². The molecule has 0 radical (unpaired) electrons. The molecule has 1 atom stereocenters. The van der Waals surface area contributed by atoms with E-state index in [1.165, 1.54) is 0 Å². The highest BCUT2D eigenvalue weighted by molar-refractivity contribution is 7.36. The van der Waals surface area contributed by atoms with Crippen molar-refractivity contribution in [2.75, 3.05) is 0 Å². The van der Waals surface area contributed by atoms with Crippen LogP contribution in [0.15, 0.2) is 30.3 Å². The molecule has 0 spiro atoms. The summed E-state index contributed by atoms with van der Waals surface area (Å²) in [5, 5.41) is 0. The molecule has 0 aliphatic carbocycles. The van der Waals surface area contributed by atoms with Gasteiger partial charge in [-0.2, -0.15) is 0 Å². The summed E-state index contributed by atoms with van der Waals surface area (Å²) in [5.74, 6) is 0. The van der Waals surface area contributed by atoms with Gasteiger partial charge >= 0.3 is 8.18 Å². The molecule has 0 aliphatic heterocycles. The number of nitrogens with zero attached hydrogens (tertiary/aromatic N) is 1. The van der Waals surface area contributed by atoms with Crippen LogP contribution in [-0.4, -0.2) is 16.8 Å². The van der Waals surface area contributed by atoms with Crippen LogP contribution in [0, 0.1) is 0 Å². The molecule has 4 heteroatoms. The quantitative estimate of drug-likeness (QED) is 0.719. The molecule has 0 heterocycles. The highest BCUT2D eigenvalue weighted by atomic mass is 31.1. The molecule has 94 valence electrons. The van der Waals surface area contributed by atoms with Crippen LogP contribution < -0.4 is 0 Å². The standard InChI is InChI=1S/C13H21NO2P/c1-11(2)14(12(3)4)17(15)16-10-13-8-6-5-7-9-13/h5-9,11-12H,10H2,1-4H3/q+1. The number of benzene rings is 1. The van der Waals surface area contributed by atoms with Gasteiger partial charge in [0.2, 0.25) is 0 Å². The van der Waals surface area contributed by atoms with E-state index in [4.69, 9.17) is 4.52 Å². The van der Waals surface area contributed by atoms with E-state index >= 15 is 0 Å². The molecule has 3 nitrogen and oxygen atoms in total. The van der Waals surface area contributed by atoms with E-state index in [9.17, 15) is 4.57 Å². The van der Waals surface area contributed by atoms with Gasteiger partial charge in [0.1, 0.15) is 6.61 Å². The minimum absolute atomic E-state index is 0.217. The van der Waals surface area contributed by atoms with Crippen LogP contribution in [0.25, 0.3) is 0 Å². The molecule has 0 amide bonds. The molecule has 1 aromatic carbocycles. The van der Waals surface area contributed by atoms with Crippen molar-refractivity contribution in [1.29, 1.82) is 0 Å². The van der Waals surface area contributed by atoms with Gasteiger partial charge < -0.3 is 0 Å². The van der Waals surface area contributed by atoms with Crippen molar-refractivity contribution < 1.29 is 9.09 Å². The van der Waals surface area contributed by atoms with E-state index in [0.29, 0.717) is 6.61 Å². The van der Waals surface area contributed by atoms with E-state index in [0.717, 1.165) is 5.56 Å². The lowest BCUT2D eigenvalue weighted by atomic mass is 10.2. The molecular weight excluding hydrogens is 233 g/mol. The van der Waals surface area contributed by atoms with Gasteiger partial charge in [-0.3, -0.25) is 0 Å². The Morgan fingerprint density at radius 2 is 1.65 bits per heavy atom. The van der Waals surface area contributed by atoms with Crippen LogP contribution in [-0.2, 0) is 15.7 Å². The van der Waals surface area contributed by atoms with Gasteiger partial charge in [0, 0.05) is 0 Å². The lowest BCUT2D eigenvalue weighted by molar-refractivity contribution is 0.228. The highest BCUT2D eigenvalue weighted by Crippen LogP contribution is 2.34. The second-order valence-electron chi connectivity index (χ2n) is 4.56. The lowest BCUT2D eigenvalue weighted by Gasteiger charge is -2.17. The van der Waals surface area contributed by atoms with Gasteiger partial charge in [0.05, 0.1) is 12.1 Å². The number of hydrogen-bond donors (Lipinski definition) is 0. The van der Waals surface area contributed by atoms with Gasteiger partial charge in [-0.15, -0.1) is 4.52 Å². The maximum atomic E-state index is 12.1. The third-order valence-corrected chi connectivity index (χ3v) is 4.08. The van der Waals surface area contributed by atoms with E-state index in [1.54, 1.807) is 0 Å². The molecule has 1 rings (SSSR count). The lowest BCUT2D eigenvalue weighted by Crippen LogP contribution is -2.30. The van der Waals surface area contributed by atoms with E-state index in [2.05, 4.69) is 0 Å². The van der Waals surface area contributed by atoms with Crippen LogP contribution in [0.3, 0.4) is 0 Å². The first-order chi connectivity index (χ1) is 8.02. The molecule has 1 unspecified atom stereocenters. The van der Waals surface area contributed by atoms with Crippen LogP contribution >= 0.6 is 8.18 Å². The monoisotopic (exact) mass is 254 g/mol. The van der Waals surface area contributed by atoms with E-state index < -0.39 is 8.18 Å². The maximum absolute atomic E-state index is 12.1. The topological polar surface area (TPSA) is 29.5 Å². The third kappa shape index (κ3) is 4.55. The SMILES string of the molecule is CC(C)N(C(C)C)[P+](=O)OCc1ccccc1. The zero-order valence-corrected chi connectivity index (χ0v) is 11.9. The molecule has 17 heavy (non-hydrogen) atoms. The average molecular weight is 254 g/mol. The van der Waals surface area contributed by atoms with Crippen LogP contribution in [0.4, 0.5) is 0 Å². The van der Waals surface area contributed by atoms with Crippen molar-refractivity contribution in [2.24, 2.45) is 0 Å². The molecule has 0 saturated heterocycles. The fraction of sp³-hybridized carbons (Fsp3) is 0.538. The second kappa shape index (κ2) is 6.85. The van der Waals surface area contributed by atoms with Crippen molar-refractivity contribution in [1.82, 2.24) is 4.67 Å². The number of rotatable bonds is 6. The zero-order valence-electron chi connectivity index (χ0n) is 11.0. The number of hydrogen-bond acceptors (Lipinski definition) is 2. The maximum Gasteiger partial charge on any atom is 0.616 e. The summed E-state index contributed by atoms with van der Waals surface area (Å²) >= 11 is 0. The Hall–Kier alpha value is -0.760. The van der Waals surface area contributed by atoms with Crippen molar-refractivity contribution in [3.63, 3.8) is 0 Å². The molecule has 1 aromatic rings. The second-order valence-corrected chi connectivity index (χ2v) is 5.76. The molecule has 0 fully saturated rings. The van der Waals surface area contributed by atoms with E-state index in [1.807, 2.05) is 62.7 Å². The predicted molar refractivity (Wildman–Crippen MR) is 70.9 cm³/mol. The Balaban J connectivity index is 2.54. The summed E-state index contributed by atoms with van der Waals surface area (Å²) in [6.45, 7) is 8.50. The molecule has 0 N–H and O–H groups in total. The van der Waals surface area contributed by atoms with Crippen molar-refractivity contribution >= 4 is 8.18 Å². The summed E-state index contributed by atoms with van der Waals surface area (Å²) in [6.07, 6.45) is 0. The molecule has 0 saturated carbocycles. The zero-order chi connectivity index (χ0) is 12.8. The predicted octanol–water partition coefficient (Wildman–Crippen LogP) is 3.98. The van der Waals surface area contributed by atoms with Gasteiger partial charge in [-0.25, -0.2) is 0 Å². The summed E-state index contributed by atoms with van der Waals surface area (Å²) in [5.41, 5.74) is 1.04. The Kier molecular flexibility index (Phi) is 5.76. The summed E-state index contributed by atoms with van der Waals surface area (Å²) in [6, 6.07) is 10.2. The minimum atomic E-state index is -1.76. The first-order valence-corrected chi connectivity index (χ1v) is 7.07. The smallest absolute Gasteiger partial charge is 0.125 e.